The molecule has 3 aromatic rings. The fourth-order valence-electron chi connectivity index (χ4n) is 1.92. The first-order valence-electron chi connectivity index (χ1n) is 6.11. The topological polar surface area (TPSA) is 59.1 Å². The van der Waals surface area contributed by atoms with Gasteiger partial charge in [0.1, 0.15) is 0 Å². The second-order valence-electron chi connectivity index (χ2n) is 4.46. The Hall–Kier alpha value is -1.63. The molecule has 0 aliphatic heterocycles. The van der Waals surface area contributed by atoms with Crippen LogP contribution < -0.4 is 4.72 Å². The van der Waals surface area contributed by atoms with Crippen LogP contribution in [0.2, 0.25) is 5.02 Å². The van der Waals surface area contributed by atoms with E-state index in [1.165, 1.54) is 23.5 Å². The van der Waals surface area contributed by atoms with Crippen LogP contribution in [0.15, 0.2) is 47.4 Å². The molecular weight excluding hydrogens is 328 g/mol. The van der Waals surface area contributed by atoms with Crippen molar-refractivity contribution in [1.82, 2.24) is 4.98 Å². The van der Waals surface area contributed by atoms with Gasteiger partial charge in [0.2, 0.25) is 0 Å². The van der Waals surface area contributed by atoms with Crippen molar-refractivity contribution in [3.63, 3.8) is 0 Å². The fraction of sp³-hybridized carbons (Fsp3) is 0.0714. The Morgan fingerprint density at radius 1 is 1.14 bits per heavy atom. The Bertz CT molecular complexity index is 905. The molecule has 1 heterocycles. The van der Waals surface area contributed by atoms with E-state index in [4.69, 9.17) is 11.6 Å². The van der Waals surface area contributed by atoms with Crippen molar-refractivity contribution in [2.75, 3.05) is 4.72 Å². The van der Waals surface area contributed by atoms with Crippen molar-refractivity contribution in [3.8, 4) is 0 Å². The Morgan fingerprint density at radius 2 is 1.86 bits per heavy atom. The van der Waals surface area contributed by atoms with Crippen LogP contribution in [0.25, 0.3) is 10.2 Å². The molecule has 0 unspecified atom stereocenters. The standard InChI is InChI=1S/C14H11ClN2O2S2/c1-9-11(15)7-8-12-13(9)16-14(20-12)17-21(18,19)10-5-3-2-4-6-10/h2-8H,1H3,(H,16,17). The van der Waals surface area contributed by atoms with E-state index in [9.17, 15) is 8.42 Å². The summed E-state index contributed by atoms with van der Waals surface area (Å²) in [6.07, 6.45) is 0. The molecule has 0 aliphatic rings. The van der Waals surface area contributed by atoms with Gasteiger partial charge in [0, 0.05) is 5.02 Å². The number of aryl methyl sites for hydroxylation is 1. The van der Waals surface area contributed by atoms with Crippen molar-refractivity contribution in [2.45, 2.75) is 11.8 Å². The third-order valence-corrected chi connectivity index (χ3v) is 5.85. The average molecular weight is 339 g/mol. The van der Waals surface area contributed by atoms with Crippen molar-refractivity contribution >= 4 is 48.3 Å². The van der Waals surface area contributed by atoms with Gasteiger partial charge in [-0.15, -0.1) is 0 Å². The van der Waals surface area contributed by atoms with Crippen LogP contribution in [0, 0.1) is 6.92 Å². The second-order valence-corrected chi connectivity index (χ2v) is 7.58. The van der Waals surface area contributed by atoms with Crippen LogP contribution >= 0.6 is 22.9 Å². The van der Waals surface area contributed by atoms with Gasteiger partial charge < -0.3 is 0 Å². The van der Waals surface area contributed by atoms with Gasteiger partial charge in [-0.3, -0.25) is 4.72 Å². The number of nitrogens with one attached hydrogen (secondary N) is 1. The van der Waals surface area contributed by atoms with Crippen LogP contribution in [-0.2, 0) is 10.0 Å². The first-order valence-corrected chi connectivity index (χ1v) is 8.79. The first-order chi connectivity index (χ1) is 9.97. The molecule has 0 saturated heterocycles. The lowest BCUT2D eigenvalue weighted by atomic mass is 10.2. The van der Waals surface area contributed by atoms with E-state index < -0.39 is 10.0 Å². The highest BCUT2D eigenvalue weighted by molar-refractivity contribution is 7.93. The highest BCUT2D eigenvalue weighted by atomic mass is 35.5. The largest absolute Gasteiger partial charge is 0.263 e. The summed E-state index contributed by atoms with van der Waals surface area (Å²) < 4.78 is 27.9. The molecule has 0 bridgehead atoms. The summed E-state index contributed by atoms with van der Waals surface area (Å²) in [5, 5.41) is 0.949. The summed E-state index contributed by atoms with van der Waals surface area (Å²) in [6.45, 7) is 1.86. The second kappa shape index (κ2) is 5.29. The number of hydrogen-bond donors (Lipinski definition) is 1. The van der Waals surface area contributed by atoms with Gasteiger partial charge in [-0.1, -0.05) is 41.1 Å². The lowest BCUT2D eigenvalue weighted by Crippen LogP contribution is -2.12. The molecule has 0 amide bonds. The van der Waals surface area contributed by atoms with Crippen molar-refractivity contribution in [3.05, 3.63) is 53.1 Å². The van der Waals surface area contributed by atoms with Gasteiger partial charge in [-0.2, -0.15) is 0 Å². The average Bonchev–Trinajstić information content (AvgIpc) is 2.87. The van der Waals surface area contributed by atoms with E-state index in [0.29, 0.717) is 10.2 Å². The predicted molar refractivity (Wildman–Crippen MR) is 86.6 cm³/mol. The van der Waals surface area contributed by atoms with E-state index in [-0.39, 0.29) is 4.90 Å². The zero-order valence-electron chi connectivity index (χ0n) is 11.0. The number of hydrogen-bond acceptors (Lipinski definition) is 4. The first kappa shape index (κ1) is 14.3. The summed E-state index contributed by atoms with van der Waals surface area (Å²) >= 11 is 7.33. The molecule has 0 atom stereocenters. The van der Waals surface area contributed by atoms with Crippen LogP contribution in [0.3, 0.4) is 0 Å². The quantitative estimate of drug-likeness (QED) is 0.783. The zero-order valence-corrected chi connectivity index (χ0v) is 13.4. The van der Waals surface area contributed by atoms with Crippen molar-refractivity contribution in [2.24, 2.45) is 0 Å². The monoisotopic (exact) mass is 338 g/mol. The summed E-state index contributed by atoms with van der Waals surface area (Å²) in [4.78, 5) is 4.53. The van der Waals surface area contributed by atoms with Gasteiger partial charge in [0.25, 0.3) is 10.0 Å². The molecule has 0 fully saturated rings. The molecular formula is C14H11ClN2O2S2. The predicted octanol–water partition coefficient (Wildman–Crippen LogP) is 4.06. The van der Waals surface area contributed by atoms with E-state index in [0.717, 1.165) is 15.8 Å². The maximum absolute atomic E-state index is 12.3. The smallest absolute Gasteiger partial charge is 0.255 e. The van der Waals surface area contributed by atoms with Crippen LogP contribution in [0.5, 0.6) is 0 Å². The Morgan fingerprint density at radius 3 is 2.57 bits per heavy atom. The molecule has 0 saturated carbocycles. The Kier molecular flexibility index (Phi) is 3.61. The molecule has 108 valence electrons. The number of benzene rings is 2. The molecule has 0 radical (unpaired) electrons. The van der Waals surface area contributed by atoms with Crippen molar-refractivity contribution in [1.29, 1.82) is 0 Å². The number of fused-ring (bicyclic) bond motifs is 1. The Balaban J connectivity index is 2.01. The van der Waals surface area contributed by atoms with Gasteiger partial charge in [-0.05, 0) is 36.8 Å². The number of nitrogens with zero attached hydrogens (tertiary/aromatic N) is 1. The third kappa shape index (κ3) is 2.74. The third-order valence-electron chi connectivity index (χ3n) is 3.02. The molecule has 0 aliphatic carbocycles. The summed E-state index contributed by atoms with van der Waals surface area (Å²) in [5.41, 5.74) is 1.56. The highest BCUT2D eigenvalue weighted by Gasteiger charge is 2.17. The molecule has 1 N–H and O–H groups in total. The SMILES string of the molecule is Cc1c(Cl)ccc2sc(NS(=O)(=O)c3ccccc3)nc12. The minimum Gasteiger partial charge on any atom is -0.255 e. The maximum Gasteiger partial charge on any atom is 0.263 e. The zero-order chi connectivity index (χ0) is 15.0. The highest BCUT2D eigenvalue weighted by Crippen LogP contribution is 2.32. The van der Waals surface area contributed by atoms with E-state index >= 15 is 0 Å². The van der Waals surface area contributed by atoms with Crippen LogP contribution in [-0.4, -0.2) is 13.4 Å². The van der Waals surface area contributed by atoms with Crippen LogP contribution in [0.4, 0.5) is 5.13 Å². The minimum absolute atomic E-state index is 0.207. The fourth-order valence-corrected chi connectivity index (χ4v) is 4.25. The van der Waals surface area contributed by atoms with Crippen LogP contribution in [0.1, 0.15) is 5.56 Å². The molecule has 21 heavy (non-hydrogen) atoms. The van der Waals surface area contributed by atoms with Gasteiger partial charge in [0.05, 0.1) is 15.1 Å². The van der Waals surface area contributed by atoms with E-state index in [2.05, 4.69) is 9.71 Å². The summed E-state index contributed by atoms with van der Waals surface area (Å²) in [6, 6.07) is 11.8. The molecule has 7 heteroatoms. The molecule has 0 spiro atoms. The molecule has 4 nitrogen and oxygen atoms in total. The van der Waals surface area contributed by atoms with E-state index in [1.54, 1.807) is 24.3 Å². The number of aromatic nitrogens is 1. The summed E-state index contributed by atoms with van der Waals surface area (Å²) in [5.74, 6) is 0. The number of anilines is 1. The maximum atomic E-state index is 12.3. The Labute approximate surface area is 131 Å². The summed E-state index contributed by atoms with van der Waals surface area (Å²) in [7, 11) is -3.62. The lowest BCUT2D eigenvalue weighted by molar-refractivity contribution is 0.601. The number of halogens is 1. The van der Waals surface area contributed by atoms with Crippen molar-refractivity contribution < 1.29 is 8.42 Å². The van der Waals surface area contributed by atoms with Gasteiger partial charge in [0.15, 0.2) is 5.13 Å². The molecule has 3 rings (SSSR count). The minimum atomic E-state index is -3.62. The lowest BCUT2D eigenvalue weighted by Gasteiger charge is -2.04. The van der Waals surface area contributed by atoms with E-state index in [1.807, 2.05) is 13.0 Å². The molecule has 2 aromatic carbocycles. The number of rotatable bonds is 3. The molecule has 1 aromatic heterocycles. The van der Waals surface area contributed by atoms with Gasteiger partial charge in [-0.25, -0.2) is 13.4 Å². The number of thiazole rings is 1. The van der Waals surface area contributed by atoms with Gasteiger partial charge >= 0.3 is 0 Å². The normalized spacial score (nSPS) is 11.7. The number of sulfonamides is 1.